The minimum Gasteiger partial charge on any atom is -0.481 e. The van der Waals surface area contributed by atoms with Gasteiger partial charge in [-0.3, -0.25) is 9.69 Å². The number of carbonyl (C=O) groups is 2. The Morgan fingerprint density at radius 1 is 1.20 bits per heavy atom. The molecule has 1 saturated heterocycles. The Hall–Kier alpha value is -1.30. The Balaban J connectivity index is 2.35. The molecular weight excluding hydrogens is 258 g/mol. The van der Waals surface area contributed by atoms with Gasteiger partial charge in [0.05, 0.1) is 5.92 Å². The third kappa shape index (κ3) is 5.00. The topological polar surface area (TPSA) is 72.9 Å². The minimum absolute atomic E-state index is 0.143. The van der Waals surface area contributed by atoms with Crippen LogP contribution in [0.3, 0.4) is 0 Å². The second-order valence-electron chi connectivity index (χ2n) is 5.63. The van der Waals surface area contributed by atoms with Crippen molar-refractivity contribution in [3.8, 4) is 0 Å². The van der Waals surface area contributed by atoms with Crippen LogP contribution in [0.2, 0.25) is 0 Å². The Bertz CT molecular complexity index is 326. The van der Waals surface area contributed by atoms with Crippen LogP contribution in [0.4, 0.5) is 4.79 Å². The van der Waals surface area contributed by atoms with Gasteiger partial charge in [-0.2, -0.15) is 0 Å². The number of amides is 2. The molecule has 1 rings (SSSR count). The number of rotatable bonds is 6. The van der Waals surface area contributed by atoms with E-state index in [0.717, 1.165) is 19.5 Å². The molecule has 0 aliphatic carbocycles. The fraction of sp³-hybridized carbons (Fsp3) is 0.857. The van der Waals surface area contributed by atoms with Gasteiger partial charge < -0.3 is 15.3 Å². The number of nitrogens with one attached hydrogen (secondary N) is 1. The predicted octanol–water partition coefficient (Wildman–Crippen LogP) is 1.22. The fourth-order valence-corrected chi connectivity index (χ4v) is 2.43. The van der Waals surface area contributed by atoms with E-state index in [1.54, 1.807) is 4.90 Å². The highest BCUT2D eigenvalue weighted by Gasteiger charge is 2.23. The molecule has 1 heterocycles. The van der Waals surface area contributed by atoms with Gasteiger partial charge in [0.2, 0.25) is 0 Å². The Morgan fingerprint density at radius 3 is 2.25 bits per heavy atom. The highest BCUT2D eigenvalue weighted by molar-refractivity contribution is 5.76. The van der Waals surface area contributed by atoms with E-state index in [1.807, 2.05) is 6.92 Å². The van der Waals surface area contributed by atoms with Crippen molar-refractivity contribution < 1.29 is 14.7 Å². The molecule has 0 spiro atoms. The predicted molar refractivity (Wildman–Crippen MR) is 77.7 cm³/mol. The van der Waals surface area contributed by atoms with Crippen LogP contribution < -0.4 is 5.32 Å². The van der Waals surface area contributed by atoms with E-state index in [1.165, 1.54) is 0 Å². The van der Waals surface area contributed by atoms with Crippen molar-refractivity contribution in [3.05, 3.63) is 0 Å². The molecule has 1 unspecified atom stereocenters. The van der Waals surface area contributed by atoms with Crippen molar-refractivity contribution in [3.63, 3.8) is 0 Å². The number of carboxylic acid groups (broad SMARTS) is 1. The number of hydrogen-bond acceptors (Lipinski definition) is 3. The molecular formula is C14H27N3O3. The van der Waals surface area contributed by atoms with Gasteiger partial charge in [0.1, 0.15) is 0 Å². The largest absolute Gasteiger partial charge is 0.481 e. The minimum atomic E-state index is -0.836. The van der Waals surface area contributed by atoms with E-state index in [0.29, 0.717) is 25.6 Å². The number of nitrogens with zero attached hydrogens (tertiary/aromatic N) is 2. The van der Waals surface area contributed by atoms with Crippen molar-refractivity contribution >= 4 is 12.0 Å². The van der Waals surface area contributed by atoms with E-state index in [2.05, 4.69) is 24.1 Å². The van der Waals surface area contributed by atoms with Crippen molar-refractivity contribution in [2.75, 3.05) is 32.7 Å². The normalized spacial score (nSPS) is 18.1. The molecule has 0 saturated carbocycles. The van der Waals surface area contributed by atoms with Crippen LogP contribution in [0.1, 0.15) is 33.6 Å². The number of carbonyl (C=O) groups excluding carboxylic acids is 1. The summed E-state index contributed by atoms with van der Waals surface area (Å²) in [5.74, 6) is -1.32. The molecule has 0 radical (unpaired) electrons. The van der Waals surface area contributed by atoms with Gasteiger partial charge in [-0.05, 0) is 20.3 Å². The first-order valence-electron chi connectivity index (χ1n) is 7.45. The first-order chi connectivity index (χ1) is 9.45. The summed E-state index contributed by atoms with van der Waals surface area (Å²) in [7, 11) is 0. The first kappa shape index (κ1) is 16.8. The van der Waals surface area contributed by atoms with Gasteiger partial charge in [0, 0.05) is 38.8 Å². The van der Waals surface area contributed by atoms with Gasteiger partial charge in [-0.1, -0.05) is 13.3 Å². The lowest BCUT2D eigenvalue weighted by atomic mass is 10.0. The van der Waals surface area contributed by atoms with Crippen molar-refractivity contribution in [2.45, 2.75) is 39.7 Å². The maximum atomic E-state index is 12.0. The molecule has 0 aromatic rings. The van der Waals surface area contributed by atoms with Crippen molar-refractivity contribution in [2.24, 2.45) is 5.92 Å². The molecule has 20 heavy (non-hydrogen) atoms. The Morgan fingerprint density at radius 2 is 1.80 bits per heavy atom. The zero-order chi connectivity index (χ0) is 15.1. The zero-order valence-electron chi connectivity index (χ0n) is 12.8. The molecule has 1 aliphatic heterocycles. The van der Waals surface area contributed by atoms with E-state index in [9.17, 15) is 9.59 Å². The summed E-state index contributed by atoms with van der Waals surface area (Å²) < 4.78 is 0. The molecule has 1 aliphatic rings. The van der Waals surface area contributed by atoms with Crippen LogP contribution in [-0.2, 0) is 4.79 Å². The van der Waals surface area contributed by atoms with E-state index in [4.69, 9.17) is 5.11 Å². The molecule has 1 atom stereocenters. The maximum absolute atomic E-state index is 12.0. The summed E-state index contributed by atoms with van der Waals surface area (Å²) in [4.78, 5) is 27.1. The van der Waals surface area contributed by atoms with Crippen LogP contribution in [-0.4, -0.2) is 65.7 Å². The Kier molecular flexibility index (Phi) is 6.78. The van der Waals surface area contributed by atoms with Crippen molar-refractivity contribution in [1.82, 2.24) is 15.1 Å². The summed E-state index contributed by atoms with van der Waals surface area (Å²) in [5, 5.41) is 11.8. The summed E-state index contributed by atoms with van der Waals surface area (Å²) in [6, 6.07) is 0.358. The van der Waals surface area contributed by atoms with Crippen LogP contribution in [0, 0.1) is 5.92 Å². The number of carboxylic acids is 1. The average molecular weight is 285 g/mol. The summed E-state index contributed by atoms with van der Waals surface area (Å²) in [6.07, 6.45) is 1.40. The van der Waals surface area contributed by atoms with Gasteiger partial charge in [0.25, 0.3) is 0 Å². The third-order valence-electron chi connectivity index (χ3n) is 3.82. The molecule has 116 valence electrons. The van der Waals surface area contributed by atoms with Gasteiger partial charge in [-0.25, -0.2) is 4.79 Å². The van der Waals surface area contributed by atoms with Crippen LogP contribution in [0.25, 0.3) is 0 Å². The molecule has 6 heteroatoms. The number of hydrogen-bond donors (Lipinski definition) is 2. The van der Waals surface area contributed by atoms with Gasteiger partial charge in [0.15, 0.2) is 0 Å². The Labute approximate surface area is 121 Å². The van der Waals surface area contributed by atoms with Crippen LogP contribution in [0.15, 0.2) is 0 Å². The molecule has 1 fully saturated rings. The second-order valence-corrected chi connectivity index (χ2v) is 5.63. The third-order valence-corrected chi connectivity index (χ3v) is 3.82. The quantitative estimate of drug-likeness (QED) is 0.769. The smallest absolute Gasteiger partial charge is 0.317 e. The molecule has 0 bridgehead atoms. The van der Waals surface area contributed by atoms with Gasteiger partial charge in [-0.15, -0.1) is 0 Å². The fourth-order valence-electron chi connectivity index (χ4n) is 2.43. The highest BCUT2D eigenvalue weighted by Crippen LogP contribution is 2.08. The lowest BCUT2D eigenvalue weighted by molar-refractivity contribution is -0.141. The maximum Gasteiger partial charge on any atom is 0.317 e. The molecule has 6 nitrogen and oxygen atoms in total. The summed E-state index contributed by atoms with van der Waals surface area (Å²) in [5.41, 5.74) is 0. The molecule has 0 aromatic carbocycles. The van der Waals surface area contributed by atoms with Crippen LogP contribution >= 0.6 is 0 Å². The van der Waals surface area contributed by atoms with Crippen LogP contribution in [0.5, 0.6) is 0 Å². The summed E-state index contributed by atoms with van der Waals surface area (Å²) in [6.45, 7) is 9.63. The zero-order valence-corrected chi connectivity index (χ0v) is 12.8. The number of aliphatic carboxylic acids is 1. The van der Waals surface area contributed by atoms with E-state index >= 15 is 0 Å². The summed E-state index contributed by atoms with van der Waals surface area (Å²) >= 11 is 0. The molecule has 0 aromatic heterocycles. The average Bonchev–Trinajstić information content (AvgIpc) is 2.42. The van der Waals surface area contributed by atoms with E-state index < -0.39 is 11.9 Å². The lowest BCUT2D eigenvalue weighted by Gasteiger charge is -2.37. The number of piperazine rings is 1. The highest BCUT2D eigenvalue weighted by atomic mass is 16.4. The second kappa shape index (κ2) is 8.09. The van der Waals surface area contributed by atoms with Crippen molar-refractivity contribution in [1.29, 1.82) is 0 Å². The van der Waals surface area contributed by atoms with E-state index in [-0.39, 0.29) is 12.6 Å². The van der Waals surface area contributed by atoms with Gasteiger partial charge >= 0.3 is 12.0 Å². The monoisotopic (exact) mass is 285 g/mol. The standard InChI is InChI=1S/C14H27N3O3/c1-4-5-12(13(18)19)10-15-14(20)17-8-6-16(7-9-17)11(2)3/h11-12H,4-10H2,1-3H3,(H,15,20)(H,18,19). The first-order valence-corrected chi connectivity index (χ1v) is 7.45. The lowest BCUT2D eigenvalue weighted by Crippen LogP contribution is -2.53. The molecule has 2 N–H and O–H groups in total. The number of urea groups is 1. The molecule has 2 amide bonds. The SMILES string of the molecule is CCCC(CNC(=O)N1CCN(C(C)C)CC1)C(=O)O.